The molecule has 1 fully saturated rings. The van der Waals surface area contributed by atoms with Gasteiger partial charge in [-0.05, 0) is 13.3 Å². The van der Waals surface area contributed by atoms with E-state index in [1.165, 1.54) is 5.01 Å². The molecule has 3 rings (SSSR count). The van der Waals surface area contributed by atoms with E-state index in [1.54, 1.807) is 0 Å². The second-order valence-corrected chi connectivity index (χ2v) is 6.53. The standard InChI is InChI=1S/C17H17ClF3N5O/c1-3-8(2)22-16-14(13-10(20)6-9(19)7-11(13)21)15(18)23-17(24-16)26-5-4-12(27)25-26/h6-8H,3-5H2,1-2H3,(H,25,27)(H,22,23,24). The van der Waals surface area contributed by atoms with Crippen molar-refractivity contribution in [3.05, 3.63) is 34.7 Å². The number of carbonyl (C=O) groups is 1. The van der Waals surface area contributed by atoms with Crippen LogP contribution in [0.25, 0.3) is 11.1 Å². The zero-order valence-corrected chi connectivity index (χ0v) is 15.4. The van der Waals surface area contributed by atoms with Gasteiger partial charge in [-0.15, -0.1) is 0 Å². The van der Waals surface area contributed by atoms with E-state index in [-0.39, 0.29) is 40.9 Å². The van der Waals surface area contributed by atoms with Gasteiger partial charge < -0.3 is 5.32 Å². The van der Waals surface area contributed by atoms with Crippen molar-refractivity contribution in [3.63, 3.8) is 0 Å². The number of hydrogen-bond donors (Lipinski definition) is 2. The van der Waals surface area contributed by atoms with Crippen molar-refractivity contribution in [1.82, 2.24) is 15.4 Å². The van der Waals surface area contributed by atoms with Gasteiger partial charge in [-0.3, -0.25) is 15.2 Å². The van der Waals surface area contributed by atoms with Crippen molar-refractivity contribution in [2.75, 3.05) is 16.9 Å². The molecule has 0 aliphatic carbocycles. The van der Waals surface area contributed by atoms with Gasteiger partial charge in [0.25, 0.3) is 0 Å². The lowest BCUT2D eigenvalue weighted by molar-refractivity contribution is -0.119. The minimum absolute atomic E-state index is 0.0864. The van der Waals surface area contributed by atoms with Crippen LogP contribution in [0.3, 0.4) is 0 Å². The highest BCUT2D eigenvalue weighted by Gasteiger charge is 2.27. The van der Waals surface area contributed by atoms with Gasteiger partial charge in [0, 0.05) is 24.6 Å². The van der Waals surface area contributed by atoms with Gasteiger partial charge in [0.05, 0.1) is 17.7 Å². The molecule has 1 aliphatic heterocycles. The molecule has 144 valence electrons. The van der Waals surface area contributed by atoms with Gasteiger partial charge in [0.2, 0.25) is 11.9 Å². The Labute approximate surface area is 158 Å². The number of carbonyl (C=O) groups excluding carboxylic acids is 1. The number of amides is 1. The average molecular weight is 400 g/mol. The molecule has 1 unspecified atom stereocenters. The summed E-state index contributed by atoms with van der Waals surface area (Å²) >= 11 is 6.24. The number of nitrogens with one attached hydrogen (secondary N) is 2. The molecule has 6 nitrogen and oxygen atoms in total. The Morgan fingerprint density at radius 1 is 1.26 bits per heavy atom. The van der Waals surface area contributed by atoms with Gasteiger partial charge in [0.1, 0.15) is 28.4 Å². The number of aromatic nitrogens is 2. The minimum Gasteiger partial charge on any atom is -0.367 e. The van der Waals surface area contributed by atoms with E-state index in [1.807, 2.05) is 13.8 Å². The Bertz CT molecular complexity index is 872. The predicted octanol–water partition coefficient (Wildman–Crippen LogP) is 3.67. The first-order chi connectivity index (χ1) is 12.8. The van der Waals surface area contributed by atoms with Crippen LogP contribution in [-0.4, -0.2) is 28.5 Å². The number of hydrazine groups is 1. The lowest BCUT2D eigenvalue weighted by Crippen LogP contribution is -2.34. The van der Waals surface area contributed by atoms with Crippen LogP contribution in [-0.2, 0) is 4.79 Å². The Morgan fingerprint density at radius 3 is 2.48 bits per heavy atom. The molecule has 0 saturated carbocycles. The largest absolute Gasteiger partial charge is 0.367 e. The van der Waals surface area contributed by atoms with Crippen LogP contribution in [0.5, 0.6) is 0 Å². The van der Waals surface area contributed by atoms with Crippen LogP contribution in [0.4, 0.5) is 24.9 Å². The molecule has 1 aromatic carbocycles. The van der Waals surface area contributed by atoms with Crippen molar-refractivity contribution >= 4 is 29.3 Å². The highest BCUT2D eigenvalue weighted by molar-refractivity contribution is 6.32. The summed E-state index contributed by atoms with van der Waals surface area (Å²) in [6.45, 7) is 4.10. The number of hydrogen-bond acceptors (Lipinski definition) is 5. The summed E-state index contributed by atoms with van der Waals surface area (Å²) in [7, 11) is 0. The van der Waals surface area contributed by atoms with E-state index in [2.05, 4.69) is 20.7 Å². The summed E-state index contributed by atoms with van der Waals surface area (Å²) in [5.41, 5.74) is 1.93. The van der Waals surface area contributed by atoms with E-state index >= 15 is 0 Å². The first-order valence-electron chi connectivity index (χ1n) is 8.36. The number of nitrogens with zero attached hydrogens (tertiary/aromatic N) is 3. The SMILES string of the molecule is CCC(C)Nc1nc(N2CCC(=O)N2)nc(Cl)c1-c1c(F)cc(F)cc1F. The van der Waals surface area contributed by atoms with Crippen molar-refractivity contribution in [2.24, 2.45) is 0 Å². The Hall–Kier alpha value is -2.55. The summed E-state index contributed by atoms with van der Waals surface area (Å²) in [4.78, 5) is 19.8. The van der Waals surface area contributed by atoms with Crippen molar-refractivity contribution in [2.45, 2.75) is 32.7 Å². The fourth-order valence-electron chi connectivity index (χ4n) is 2.61. The molecule has 1 amide bonds. The predicted molar refractivity (Wildman–Crippen MR) is 95.8 cm³/mol. The second kappa shape index (κ2) is 7.59. The zero-order valence-electron chi connectivity index (χ0n) is 14.6. The van der Waals surface area contributed by atoms with Crippen LogP contribution in [0, 0.1) is 17.5 Å². The van der Waals surface area contributed by atoms with Gasteiger partial charge in [-0.25, -0.2) is 13.2 Å². The van der Waals surface area contributed by atoms with Gasteiger partial charge >= 0.3 is 0 Å². The van der Waals surface area contributed by atoms with E-state index in [0.717, 1.165) is 0 Å². The van der Waals surface area contributed by atoms with E-state index in [4.69, 9.17) is 11.6 Å². The van der Waals surface area contributed by atoms with Crippen LogP contribution in [0.1, 0.15) is 26.7 Å². The lowest BCUT2D eigenvalue weighted by atomic mass is 10.1. The third-order valence-electron chi connectivity index (χ3n) is 4.17. The Morgan fingerprint density at radius 2 is 1.93 bits per heavy atom. The highest BCUT2D eigenvalue weighted by Crippen LogP contribution is 2.38. The van der Waals surface area contributed by atoms with Gasteiger partial charge in [0.15, 0.2) is 0 Å². The number of anilines is 2. The first kappa shape index (κ1) is 19.2. The molecule has 1 aromatic heterocycles. The monoisotopic (exact) mass is 399 g/mol. The summed E-state index contributed by atoms with van der Waals surface area (Å²) in [5.74, 6) is -3.31. The molecule has 2 N–H and O–H groups in total. The third kappa shape index (κ3) is 3.92. The quantitative estimate of drug-likeness (QED) is 0.751. The van der Waals surface area contributed by atoms with Crippen molar-refractivity contribution in [1.29, 1.82) is 0 Å². The second-order valence-electron chi connectivity index (χ2n) is 6.17. The minimum atomic E-state index is -1.12. The highest BCUT2D eigenvalue weighted by atomic mass is 35.5. The number of halogens is 4. The molecule has 0 bridgehead atoms. The maximum Gasteiger partial charge on any atom is 0.247 e. The van der Waals surface area contributed by atoms with Crippen LogP contribution in [0.2, 0.25) is 5.15 Å². The molecule has 27 heavy (non-hydrogen) atoms. The topological polar surface area (TPSA) is 70.2 Å². The normalized spacial score (nSPS) is 15.0. The molecule has 1 atom stereocenters. The zero-order chi connectivity index (χ0) is 19.7. The third-order valence-corrected chi connectivity index (χ3v) is 4.44. The van der Waals surface area contributed by atoms with Crippen LogP contribution in [0.15, 0.2) is 12.1 Å². The smallest absolute Gasteiger partial charge is 0.247 e. The summed E-state index contributed by atoms with van der Waals surface area (Å²) < 4.78 is 42.0. The van der Waals surface area contributed by atoms with E-state index in [9.17, 15) is 18.0 Å². The molecule has 2 heterocycles. The Kier molecular flexibility index (Phi) is 5.41. The molecule has 0 radical (unpaired) electrons. The fraction of sp³-hybridized carbons (Fsp3) is 0.353. The molecule has 1 saturated heterocycles. The molecule has 0 spiro atoms. The Balaban J connectivity index is 2.16. The van der Waals surface area contributed by atoms with Gasteiger partial charge in [-0.2, -0.15) is 9.97 Å². The average Bonchev–Trinajstić information content (AvgIpc) is 3.02. The lowest BCUT2D eigenvalue weighted by Gasteiger charge is -2.21. The molecule has 1 aliphatic rings. The summed E-state index contributed by atoms with van der Waals surface area (Å²) in [6, 6.07) is 1.04. The molecular formula is C17H17ClF3N5O. The van der Waals surface area contributed by atoms with Crippen molar-refractivity contribution in [3.8, 4) is 11.1 Å². The maximum atomic E-state index is 14.3. The molecular weight excluding hydrogens is 383 g/mol. The molecule has 2 aromatic rings. The number of benzene rings is 1. The summed E-state index contributed by atoms with van der Waals surface area (Å²) in [6.07, 6.45) is 0.962. The van der Waals surface area contributed by atoms with Crippen LogP contribution < -0.4 is 15.8 Å². The fourth-order valence-corrected chi connectivity index (χ4v) is 2.87. The van der Waals surface area contributed by atoms with E-state index < -0.39 is 23.0 Å². The maximum absolute atomic E-state index is 14.3. The van der Waals surface area contributed by atoms with Crippen molar-refractivity contribution < 1.29 is 18.0 Å². The van der Waals surface area contributed by atoms with E-state index in [0.29, 0.717) is 25.1 Å². The first-order valence-corrected chi connectivity index (χ1v) is 8.74. The van der Waals surface area contributed by atoms with Gasteiger partial charge in [-0.1, -0.05) is 18.5 Å². The van der Waals surface area contributed by atoms with Crippen LogP contribution >= 0.6 is 11.6 Å². The number of rotatable bonds is 5. The molecule has 10 heteroatoms. The summed E-state index contributed by atoms with van der Waals surface area (Å²) in [5, 5.41) is 4.22.